The molecular weight excluding hydrogens is 195 g/mol. The van der Waals surface area contributed by atoms with E-state index in [1.165, 1.54) is 0 Å². The maximum absolute atomic E-state index is 7.94. The maximum atomic E-state index is 7.94. The van der Waals surface area contributed by atoms with Gasteiger partial charge < -0.3 is 19.7 Å². The monoisotopic (exact) mass is 211 g/mol. The predicted molar refractivity (Wildman–Crippen MR) is 37.9 cm³/mol. The molecule has 0 bridgehead atoms. The van der Waals surface area contributed by atoms with Crippen LogP contribution in [0.4, 0.5) is 0 Å². The molecule has 0 unspecified atom stereocenters. The van der Waals surface area contributed by atoms with E-state index < -0.39 is 0 Å². The van der Waals surface area contributed by atoms with Gasteiger partial charge in [-0.1, -0.05) is 0 Å². The van der Waals surface area contributed by atoms with Gasteiger partial charge in [-0.25, -0.2) is 0 Å². The second-order valence-corrected chi connectivity index (χ2v) is 1.43. The number of rotatable bonds is 4. The Morgan fingerprint density at radius 3 is 1.18 bits per heavy atom. The molecule has 5 heteroatoms. The number of aliphatic hydroxyl groups is 2. The van der Waals surface area contributed by atoms with Crippen LogP contribution in [-0.2, 0) is 26.3 Å². The topological polar surface area (TPSA) is 58.9 Å². The second kappa shape index (κ2) is 22.4. The summed E-state index contributed by atoms with van der Waals surface area (Å²) in [6.45, 7) is 1.13. The van der Waals surface area contributed by atoms with Crippen LogP contribution in [0.25, 0.3) is 0 Å². The summed E-state index contributed by atoms with van der Waals surface area (Å²) in [5.74, 6) is 0. The molecule has 4 nitrogen and oxygen atoms in total. The Bertz CT molecular complexity index is 35.6. The molecule has 11 heavy (non-hydrogen) atoms. The van der Waals surface area contributed by atoms with Gasteiger partial charge >= 0.3 is 0 Å². The summed E-state index contributed by atoms with van der Waals surface area (Å²) >= 11 is 0. The van der Waals surface area contributed by atoms with Gasteiger partial charge in [-0.05, 0) is 0 Å². The molecule has 0 aliphatic carbocycles. The van der Waals surface area contributed by atoms with Gasteiger partial charge in [-0.2, -0.15) is 0 Å². The van der Waals surface area contributed by atoms with Gasteiger partial charge in [0.05, 0.1) is 26.4 Å². The number of hydrogen-bond acceptors (Lipinski definition) is 4. The third-order valence-corrected chi connectivity index (χ3v) is 0.591. The molecule has 0 heterocycles. The van der Waals surface area contributed by atoms with Crippen LogP contribution in [0.3, 0.4) is 0 Å². The normalized spacial score (nSPS) is 7.64. The quantitative estimate of drug-likeness (QED) is 0.642. The van der Waals surface area contributed by atoms with Crippen LogP contribution in [0.2, 0.25) is 0 Å². The van der Waals surface area contributed by atoms with E-state index in [-0.39, 0.29) is 30.0 Å². The summed E-state index contributed by atoms with van der Waals surface area (Å²) in [6.07, 6.45) is 0. The van der Waals surface area contributed by atoms with Crippen LogP contribution in [0, 0.1) is 0 Å². The van der Waals surface area contributed by atoms with Crippen LogP contribution in [0.15, 0.2) is 0 Å². The molecule has 2 N–H and O–H groups in total. The number of aliphatic hydroxyl groups excluding tert-OH is 2. The predicted octanol–water partition coefficient (Wildman–Crippen LogP) is -0.752. The maximum Gasteiger partial charge on any atom is 0.0693 e. The van der Waals surface area contributed by atoms with E-state index in [4.69, 9.17) is 10.2 Å². The summed E-state index contributed by atoms with van der Waals surface area (Å²) in [5, 5.41) is 15.9. The molecule has 0 amide bonds. The van der Waals surface area contributed by atoms with E-state index >= 15 is 0 Å². The van der Waals surface area contributed by atoms with E-state index in [9.17, 15) is 0 Å². The molecule has 0 aromatic rings. The van der Waals surface area contributed by atoms with Crippen LogP contribution in [0.1, 0.15) is 0 Å². The molecule has 0 aromatic carbocycles. The van der Waals surface area contributed by atoms with Crippen molar-refractivity contribution < 1.29 is 36.5 Å². The van der Waals surface area contributed by atoms with Gasteiger partial charge in [-0.3, -0.25) is 0 Å². The molecule has 0 rings (SSSR count). The van der Waals surface area contributed by atoms with E-state index in [1.807, 2.05) is 0 Å². The van der Waals surface area contributed by atoms with Crippen LogP contribution < -0.4 is 0 Å². The Morgan fingerprint density at radius 2 is 1.18 bits per heavy atom. The second-order valence-electron chi connectivity index (χ2n) is 1.43. The first kappa shape index (κ1) is 17.4. The largest absolute Gasteiger partial charge is 0.394 e. The third kappa shape index (κ3) is 38.2. The molecule has 0 spiro atoms. The fourth-order valence-electron chi connectivity index (χ4n) is 0.183. The van der Waals surface area contributed by atoms with Gasteiger partial charge in [0.15, 0.2) is 0 Å². The molecule has 0 aliphatic heterocycles. The van der Waals surface area contributed by atoms with Gasteiger partial charge in [0, 0.05) is 31.0 Å². The minimum absolute atomic E-state index is 0. The summed E-state index contributed by atoms with van der Waals surface area (Å²) in [4.78, 5) is 0. The summed E-state index contributed by atoms with van der Waals surface area (Å²) in [7, 11) is 3.10. The molecular formula is C6H16CoO4. The van der Waals surface area contributed by atoms with Crippen molar-refractivity contribution in [3.63, 3.8) is 0 Å². The molecule has 0 aliphatic rings. The molecule has 0 saturated heterocycles. The van der Waals surface area contributed by atoms with E-state index in [2.05, 4.69) is 9.47 Å². The third-order valence-electron chi connectivity index (χ3n) is 0.591. The summed E-state index contributed by atoms with van der Waals surface area (Å²) in [6, 6.07) is 0. The molecule has 0 atom stereocenters. The first-order valence-electron chi connectivity index (χ1n) is 3.03. The Hall–Kier alpha value is 0.346. The van der Waals surface area contributed by atoms with Crippen LogP contribution >= 0.6 is 0 Å². The number of methoxy groups -OCH3 is 2. The molecule has 1 radical (unpaired) electrons. The average Bonchev–Trinajstić information content (AvgIpc) is 1.93. The van der Waals surface area contributed by atoms with E-state index in [1.54, 1.807) is 14.2 Å². The molecule has 0 fully saturated rings. The SMILES string of the molecule is COCCO.COCCO.[Co]. The van der Waals surface area contributed by atoms with Crippen molar-refractivity contribution in [2.24, 2.45) is 0 Å². The Balaban J connectivity index is -0.000000107. The fraction of sp³-hybridized carbons (Fsp3) is 1.00. The van der Waals surface area contributed by atoms with E-state index in [0.29, 0.717) is 13.2 Å². The fourth-order valence-corrected chi connectivity index (χ4v) is 0.183. The summed E-state index contributed by atoms with van der Waals surface area (Å²) < 4.78 is 8.88. The summed E-state index contributed by atoms with van der Waals surface area (Å²) in [5.41, 5.74) is 0. The Kier molecular flexibility index (Phi) is 35.6. The van der Waals surface area contributed by atoms with Crippen LogP contribution in [-0.4, -0.2) is 50.9 Å². The van der Waals surface area contributed by atoms with Crippen molar-refractivity contribution in [2.45, 2.75) is 0 Å². The van der Waals surface area contributed by atoms with Crippen LogP contribution in [0.5, 0.6) is 0 Å². The van der Waals surface area contributed by atoms with Gasteiger partial charge in [0.1, 0.15) is 0 Å². The zero-order chi connectivity index (χ0) is 8.24. The smallest absolute Gasteiger partial charge is 0.0693 e. The van der Waals surface area contributed by atoms with Crippen molar-refractivity contribution in [3.8, 4) is 0 Å². The van der Waals surface area contributed by atoms with Crippen molar-refractivity contribution in [3.05, 3.63) is 0 Å². The Labute approximate surface area is 77.7 Å². The van der Waals surface area contributed by atoms with Gasteiger partial charge in [0.2, 0.25) is 0 Å². The zero-order valence-corrected chi connectivity index (χ0v) is 7.91. The Morgan fingerprint density at radius 1 is 0.909 bits per heavy atom. The average molecular weight is 211 g/mol. The van der Waals surface area contributed by atoms with E-state index in [0.717, 1.165) is 0 Å². The first-order chi connectivity index (χ1) is 4.83. The minimum atomic E-state index is 0. The number of hydrogen-bond donors (Lipinski definition) is 2. The zero-order valence-electron chi connectivity index (χ0n) is 6.87. The van der Waals surface area contributed by atoms with Crippen molar-refractivity contribution >= 4 is 0 Å². The molecule has 73 valence electrons. The number of ether oxygens (including phenoxy) is 2. The standard InChI is InChI=1S/2C3H8O2.Co/c2*1-5-3-2-4;/h2*4H,2-3H2,1H3;. The first-order valence-corrected chi connectivity index (χ1v) is 3.03. The molecule has 0 aromatic heterocycles. The van der Waals surface area contributed by atoms with Crippen molar-refractivity contribution in [1.29, 1.82) is 0 Å². The van der Waals surface area contributed by atoms with Crippen molar-refractivity contribution in [1.82, 2.24) is 0 Å². The van der Waals surface area contributed by atoms with Gasteiger partial charge in [0.25, 0.3) is 0 Å². The molecule has 0 saturated carbocycles. The minimum Gasteiger partial charge on any atom is -0.394 e. The van der Waals surface area contributed by atoms with Crippen molar-refractivity contribution in [2.75, 3.05) is 40.6 Å². The van der Waals surface area contributed by atoms with Gasteiger partial charge in [-0.15, -0.1) is 0 Å².